The average molecular weight is 276 g/mol. The highest BCUT2D eigenvalue weighted by Crippen LogP contribution is 2.28. The Bertz CT molecular complexity index is 392. The summed E-state index contributed by atoms with van der Waals surface area (Å²) < 4.78 is 0.829. The number of thioether (sulfide) groups is 1. The molecule has 1 aromatic heterocycles. The molecule has 0 spiro atoms. The lowest BCUT2D eigenvalue weighted by molar-refractivity contribution is -0.142. The first kappa shape index (κ1) is 14.2. The smallest absolute Gasteiger partial charge is 0.323 e. The van der Waals surface area contributed by atoms with Gasteiger partial charge in [-0.25, -0.2) is 0 Å². The van der Waals surface area contributed by atoms with Gasteiger partial charge in [-0.1, -0.05) is 23.1 Å². The number of carboxylic acids is 1. The molecule has 0 fully saturated rings. The van der Waals surface area contributed by atoms with Crippen molar-refractivity contribution in [3.05, 3.63) is 0 Å². The summed E-state index contributed by atoms with van der Waals surface area (Å²) in [7, 11) is 3.80. The third-order valence-corrected chi connectivity index (χ3v) is 4.34. The lowest BCUT2D eigenvalue weighted by Crippen LogP contribution is -2.45. The number of hydrogen-bond donors (Lipinski definition) is 2. The van der Waals surface area contributed by atoms with E-state index in [2.05, 4.69) is 10.2 Å². The average Bonchev–Trinajstić information content (AvgIpc) is 2.66. The Balaban J connectivity index is 2.43. The number of hydrogen-bond acceptors (Lipinski definition) is 7. The van der Waals surface area contributed by atoms with Crippen LogP contribution < -0.4 is 10.6 Å². The second-order valence-corrected chi connectivity index (χ2v) is 6.36. The van der Waals surface area contributed by atoms with Crippen LogP contribution in [0.2, 0.25) is 0 Å². The van der Waals surface area contributed by atoms with E-state index < -0.39 is 11.5 Å². The van der Waals surface area contributed by atoms with E-state index in [9.17, 15) is 4.79 Å². The molecular weight excluding hydrogens is 260 g/mol. The fourth-order valence-electron chi connectivity index (χ4n) is 0.899. The van der Waals surface area contributed by atoms with Gasteiger partial charge in [-0.2, -0.15) is 0 Å². The van der Waals surface area contributed by atoms with Gasteiger partial charge in [0.2, 0.25) is 5.13 Å². The third kappa shape index (κ3) is 4.14. The molecule has 0 radical (unpaired) electrons. The Morgan fingerprint density at radius 2 is 2.24 bits per heavy atom. The van der Waals surface area contributed by atoms with E-state index in [1.54, 1.807) is 0 Å². The van der Waals surface area contributed by atoms with E-state index >= 15 is 0 Å². The molecular formula is C9H16N4O2S2. The van der Waals surface area contributed by atoms with Gasteiger partial charge in [0.05, 0.1) is 0 Å². The monoisotopic (exact) mass is 276 g/mol. The predicted molar refractivity (Wildman–Crippen MR) is 69.8 cm³/mol. The van der Waals surface area contributed by atoms with Crippen molar-refractivity contribution in [3.8, 4) is 0 Å². The summed E-state index contributed by atoms with van der Waals surface area (Å²) in [6.45, 7) is 1.52. The molecule has 0 amide bonds. The molecule has 0 aliphatic heterocycles. The Kier molecular flexibility index (Phi) is 4.72. The number of carbonyl (C=O) groups is 1. The van der Waals surface area contributed by atoms with Crippen LogP contribution in [-0.2, 0) is 4.79 Å². The van der Waals surface area contributed by atoms with Crippen LogP contribution in [0.5, 0.6) is 0 Å². The molecule has 96 valence electrons. The molecule has 1 aromatic rings. The lowest BCUT2D eigenvalue weighted by atomic mass is 10.0. The number of carboxylic acid groups (broad SMARTS) is 1. The largest absolute Gasteiger partial charge is 0.480 e. The van der Waals surface area contributed by atoms with Gasteiger partial charge in [0.25, 0.3) is 0 Å². The number of aromatic nitrogens is 2. The zero-order valence-corrected chi connectivity index (χ0v) is 11.6. The quantitative estimate of drug-likeness (QED) is 0.745. The summed E-state index contributed by atoms with van der Waals surface area (Å²) in [5.41, 5.74) is 4.44. The van der Waals surface area contributed by atoms with E-state index in [1.165, 1.54) is 30.0 Å². The van der Waals surface area contributed by atoms with Crippen LogP contribution in [-0.4, -0.2) is 46.7 Å². The highest BCUT2D eigenvalue weighted by Gasteiger charge is 2.27. The van der Waals surface area contributed by atoms with Crippen LogP contribution >= 0.6 is 23.1 Å². The zero-order valence-electron chi connectivity index (χ0n) is 10.0. The molecule has 0 aliphatic carbocycles. The second kappa shape index (κ2) is 5.65. The van der Waals surface area contributed by atoms with Crippen molar-refractivity contribution in [2.45, 2.75) is 23.2 Å². The molecule has 0 saturated carbocycles. The van der Waals surface area contributed by atoms with Crippen LogP contribution in [0, 0.1) is 0 Å². The Morgan fingerprint density at radius 3 is 2.71 bits per heavy atom. The van der Waals surface area contributed by atoms with E-state index in [0.29, 0.717) is 12.2 Å². The van der Waals surface area contributed by atoms with Gasteiger partial charge >= 0.3 is 5.97 Å². The molecule has 1 rings (SSSR count). The maximum absolute atomic E-state index is 10.8. The van der Waals surface area contributed by atoms with Crippen molar-refractivity contribution in [2.75, 3.05) is 24.7 Å². The number of aliphatic carboxylic acids is 1. The van der Waals surface area contributed by atoms with E-state index in [4.69, 9.17) is 10.8 Å². The molecule has 17 heavy (non-hydrogen) atoms. The molecule has 0 aromatic carbocycles. The van der Waals surface area contributed by atoms with Crippen LogP contribution in [0.4, 0.5) is 5.13 Å². The summed E-state index contributed by atoms with van der Waals surface area (Å²) in [6.07, 6.45) is 0.393. The zero-order chi connectivity index (χ0) is 13.1. The predicted octanol–water partition coefficient (Wildman–Crippen LogP) is 0.888. The van der Waals surface area contributed by atoms with Crippen molar-refractivity contribution >= 4 is 34.2 Å². The number of anilines is 1. The molecule has 0 bridgehead atoms. The summed E-state index contributed by atoms with van der Waals surface area (Å²) in [5.74, 6) is -0.370. The molecule has 0 aliphatic rings. The number of nitrogens with zero attached hydrogens (tertiary/aromatic N) is 3. The van der Waals surface area contributed by atoms with Crippen molar-refractivity contribution in [1.82, 2.24) is 10.2 Å². The minimum Gasteiger partial charge on any atom is -0.480 e. The first-order valence-corrected chi connectivity index (χ1v) is 6.79. The van der Waals surface area contributed by atoms with Crippen LogP contribution in [0.25, 0.3) is 0 Å². The summed E-state index contributed by atoms with van der Waals surface area (Å²) >= 11 is 2.96. The van der Waals surface area contributed by atoms with Gasteiger partial charge in [-0.05, 0) is 13.3 Å². The molecule has 1 heterocycles. The minimum atomic E-state index is -1.18. The fourth-order valence-corrected chi connectivity index (χ4v) is 2.91. The Morgan fingerprint density at radius 1 is 1.59 bits per heavy atom. The Labute approximate surface area is 108 Å². The number of rotatable bonds is 6. The molecule has 8 heteroatoms. The normalized spacial score (nSPS) is 14.4. The van der Waals surface area contributed by atoms with Crippen molar-refractivity contribution in [1.29, 1.82) is 0 Å². The highest BCUT2D eigenvalue weighted by atomic mass is 32.2. The maximum Gasteiger partial charge on any atom is 0.323 e. The molecule has 0 saturated heterocycles. The number of nitrogens with two attached hydrogens (primary N) is 1. The van der Waals surface area contributed by atoms with Gasteiger partial charge < -0.3 is 15.7 Å². The molecule has 3 N–H and O–H groups in total. The molecule has 1 atom stereocenters. The van der Waals surface area contributed by atoms with E-state index in [1.807, 2.05) is 19.0 Å². The standard InChI is InChI=1S/C9H16N4O2S2/c1-9(10,6(14)15)4-5-16-8-12-11-7(17-8)13(2)3/h4-5,10H2,1-3H3,(H,14,15). The Hall–Kier alpha value is -0.860. The van der Waals surface area contributed by atoms with Gasteiger partial charge in [0.15, 0.2) is 4.34 Å². The highest BCUT2D eigenvalue weighted by molar-refractivity contribution is 8.01. The summed E-state index contributed by atoms with van der Waals surface area (Å²) in [4.78, 5) is 12.7. The van der Waals surface area contributed by atoms with Gasteiger partial charge in [-0.3, -0.25) is 4.79 Å². The summed E-state index contributed by atoms with van der Waals surface area (Å²) in [6, 6.07) is 0. The topological polar surface area (TPSA) is 92.3 Å². The fraction of sp³-hybridized carbons (Fsp3) is 0.667. The maximum atomic E-state index is 10.8. The molecule has 1 unspecified atom stereocenters. The third-order valence-electron chi connectivity index (χ3n) is 2.11. The second-order valence-electron chi connectivity index (χ2n) is 4.07. The lowest BCUT2D eigenvalue weighted by Gasteiger charge is -2.17. The SMILES string of the molecule is CN(C)c1nnc(SCCC(C)(N)C(=O)O)s1. The van der Waals surface area contributed by atoms with Gasteiger partial charge in [-0.15, -0.1) is 10.2 Å². The summed E-state index contributed by atoms with van der Waals surface area (Å²) in [5, 5.41) is 17.7. The van der Waals surface area contributed by atoms with Gasteiger partial charge in [0, 0.05) is 19.8 Å². The van der Waals surface area contributed by atoms with E-state index in [0.717, 1.165) is 9.47 Å². The van der Waals surface area contributed by atoms with Gasteiger partial charge in [0.1, 0.15) is 5.54 Å². The van der Waals surface area contributed by atoms with Crippen LogP contribution in [0.15, 0.2) is 4.34 Å². The van der Waals surface area contributed by atoms with Crippen molar-refractivity contribution in [3.63, 3.8) is 0 Å². The van der Waals surface area contributed by atoms with Crippen LogP contribution in [0.3, 0.4) is 0 Å². The first-order chi connectivity index (χ1) is 7.83. The minimum absolute atomic E-state index is 0.393. The van der Waals surface area contributed by atoms with Crippen molar-refractivity contribution < 1.29 is 9.90 Å². The van der Waals surface area contributed by atoms with E-state index in [-0.39, 0.29) is 0 Å². The van der Waals surface area contributed by atoms with Crippen LogP contribution in [0.1, 0.15) is 13.3 Å². The van der Waals surface area contributed by atoms with Crippen molar-refractivity contribution in [2.24, 2.45) is 5.73 Å². The molecule has 6 nitrogen and oxygen atoms in total. The first-order valence-electron chi connectivity index (χ1n) is 4.99.